The lowest BCUT2D eigenvalue weighted by molar-refractivity contribution is -0.0423. The van der Waals surface area contributed by atoms with Gasteiger partial charge in [0.15, 0.2) is 0 Å². The molecule has 0 aromatic heterocycles. The predicted octanol–water partition coefficient (Wildman–Crippen LogP) is -0.334. The number of aliphatic hydroxyl groups excluding tert-OH is 1. The lowest BCUT2D eigenvalue weighted by atomic mass is 9.94. The highest BCUT2D eigenvalue weighted by Crippen LogP contribution is 2.15. The first-order valence-electron chi connectivity index (χ1n) is 3.82. The average molecular weight is 156 g/mol. The van der Waals surface area contributed by atoms with Gasteiger partial charge in [-0.2, -0.15) is 0 Å². The number of ether oxygens (including phenoxy) is 2. The minimum atomic E-state index is -0.683. The molecule has 0 amide bonds. The summed E-state index contributed by atoms with van der Waals surface area (Å²) in [4.78, 5) is 0. The maximum Gasteiger partial charge on any atom is 0.112 e. The van der Waals surface area contributed by atoms with Gasteiger partial charge in [-0.25, -0.2) is 0 Å². The van der Waals surface area contributed by atoms with Crippen LogP contribution in [0, 0.1) is 0 Å². The van der Waals surface area contributed by atoms with Crippen LogP contribution in [0.5, 0.6) is 0 Å². The summed E-state index contributed by atoms with van der Waals surface area (Å²) in [5, 5.41) is 9.33. The van der Waals surface area contributed by atoms with Crippen LogP contribution in [0.15, 0.2) is 0 Å². The molecule has 3 atom stereocenters. The molecule has 1 unspecified atom stereocenters. The Balaban J connectivity index is 2.36. The van der Waals surface area contributed by atoms with Crippen molar-refractivity contribution in [2.45, 2.75) is 38.2 Å². The quantitative estimate of drug-likeness (QED) is 0.556. The molecule has 0 saturated carbocycles. The number of hydrogen-bond donors (Lipinski definition) is 1. The molecule has 1 rings (SSSR count). The van der Waals surface area contributed by atoms with Crippen LogP contribution in [0.1, 0.15) is 13.8 Å². The summed E-state index contributed by atoms with van der Waals surface area (Å²) in [6, 6.07) is -0.584. The Labute approximate surface area is 68.1 Å². The summed E-state index contributed by atoms with van der Waals surface area (Å²) in [5.41, 5.74) is 0. The molecule has 1 aliphatic rings. The van der Waals surface area contributed by atoms with Gasteiger partial charge in [0.1, 0.15) is 14.0 Å². The molecule has 0 spiro atoms. The van der Waals surface area contributed by atoms with Crippen LogP contribution < -0.4 is 0 Å². The fraction of sp³-hybridized carbons (Fsp3) is 1.00. The first-order chi connectivity index (χ1) is 5.11. The van der Waals surface area contributed by atoms with E-state index in [1.165, 1.54) is 0 Å². The van der Waals surface area contributed by atoms with Gasteiger partial charge < -0.3 is 14.6 Å². The van der Waals surface area contributed by atoms with Gasteiger partial charge in [-0.05, 0) is 13.8 Å². The van der Waals surface area contributed by atoms with Gasteiger partial charge in [0, 0.05) is 6.00 Å². The van der Waals surface area contributed by atoms with Gasteiger partial charge in [-0.15, -0.1) is 0 Å². The van der Waals surface area contributed by atoms with E-state index in [-0.39, 0.29) is 12.2 Å². The molecule has 0 bridgehead atoms. The Morgan fingerprint density at radius 3 is 2.64 bits per heavy atom. The molecule has 1 heterocycles. The summed E-state index contributed by atoms with van der Waals surface area (Å²) >= 11 is 0. The SMILES string of the molecule is [B][C@@H]1OCC(OC(C)C)[C@@H]1O. The average Bonchev–Trinajstić information content (AvgIpc) is 2.18. The van der Waals surface area contributed by atoms with E-state index in [1.54, 1.807) is 0 Å². The zero-order chi connectivity index (χ0) is 8.43. The lowest BCUT2D eigenvalue weighted by Crippen LogP contribution is -2.33. The van der Waals surface area contributed by atoms with Crippen molar-refractivity contribution in [3.05, 3.63) is 0 Å². The van der Waals surface area contributed by atoms with Gasteiger partial charge in [0.25, 0.3) is 0 Å². The minimum absolute atomic E-state index is 0.101. The van der Waals surface area contributed by atoms with Gasteiger partial charge in [-0.1, -0.05) is 0 Å². The first-order valence-corrected chi connectivity index (χ1v) is 3.82. The van der Waals surface area contributed by atoms with Gasteiger partial charge in [0.2, 0.25) is 0 Å². The van der Waals surface area contributed by atoms with Crippen LogP contribution in [0.4, 0.5) is 0 Å². The first kappa shape index (κ1) is 9.04. The molecule has 1 N–H and O–H groups in total. The Morgan fingerprint density at radius 2 is 2.27 bits per heavy atom. The Bertz CT molecular complexity index is 129. The zero-order valence-electron chi connectivity index (χ0n) is 6.86. The molecule has 3 nitrogen and oxygen atoms in total. The fourth-order valence-corrected chi connectivity index (χ4v) is 1.08. The van der Waals surface area contributed by atoms with E-state index in [1.807, 2.05) is 13.8 Å². The maximum absolute atomic E-state index is 9.33. The van der Waals surface area contributed by atoms with Crippen LogP contribution in [0.25, 0.3) is 0 Å². The van der Waals surface area contributed by atoms with E-state index < -0.39 is 12.1 Å². The van der Waals surface area contributed by atoms with Gasteiger partial charge in [0.05, 0.1) is 18.8 Å². The summed E-state index contributed by atoms with van der Waals surface area (Å²) < 4.78 is 10.3. The highest BCUT2D eigenvalue weighted by Gasteiger charge is 2.33. The van der Waals surface area contributed by atoms with E-state index >= 15 is 0 Å². The predicted molar refractivity (Wildman–Crippen MR) is 41.5 cm³/mol. The second-order valence-electron chi connectivity index (χ2n) is 3.01. The molecular formula is C7H13BO3. The van der Waals surface area contributed by atoms with Gasteiger partial charge >= 0.3 is 0 Å². The Kier molecular flexibility index (Phi) is 2.93. The minimum Gasteiger partial charge on any atom is -0.388 e. The fourth-order valence-electron chi connectivity index (χ4n) is 1.08. The molecule has 11 heavy (non-hydrogen) atoms. The molecule has 1 saturated heterocycles. The topological polar surface area (TPSA) is 38.7 Å². The number of aliphatic hydroxyl groups is 1. The molecule has 0 aromatic carbocycles. The van der Waals surface area contributed by atoms with Crippen LogP contribution in [-0.2, 0) is 9.47 Å². The van der Waals surface area contributed by atoms with Crippen LogP contribution >= 0.6 is 0 Å². The highest BCUT2D eigenvalue weighted by atomic mass is 16.6. The van der Waals surface area contributed by atoms with Gasteiger partial charge in [-0.3, -0.25) is 0 Å². The van der Waals surface area contributed by atoms with E-state index in [4.69, 9.17) is 17.3 Å². The normalized spacial score (nSPS) is 38.4. The summed E-state index contributed by atoms with van der Waals surface area (Å²) in [6.07, 6.45) is -0.842. The summed E-state index contributed by atoms with van der Waals surface area (Å²) in [6.45, 7) is 4.22. The van der Waals surface area contributed by atoms with Crippen molar-refractivity contribution >= 4 is 7.85 Å². The molecule has 1 aliphatic heterocycles. The largest absolute Gasteiger partial charge is 0.388 e. The third kappa shape index (κ3) is 2.19. The van der Waals surface area contributed by atoms with Crippen molar-refractivity contribution in [2.24, 2.45) is 0 Å². The highest BCUT2D eigenvalue weighted by molar-refractivity contribution is 6.11. The van der Waals surface area contributed by atoms with Crippen molar-refractivity contribution < 1.29 is 14.6 Å². The molecule has 4 heteroatoms. The maximum atomic E-state index is 9.33. The van der Waals surface area contributed by atoms with Crippen molar-refractivity contribution in [3.8, 4) is 0 Å². The van der Waals surface area contributed by atoms with Crippen molar-refractivity contribution in [3.63, 3.8) is 0 Å². The molecule has 0 aliphatic carbocycles. The smallest absolute Gasteiger partial charge is 0.112 e. The van der Waals surface area contributed by atoms with E-state index in [0.29, 0.717) is 6.61 Å². The molecule has 62 valence electrons. The molecule has 2 radical (unpaired) electrons. The third-order valence-corrected chi connectivity index (χ3v) is 1.62. The Morgan fingerprint density at radius 1 is 1.64 bits per heavy atom. The van der Waals surface area contributed by atoms with Crippen LogP contribution in [-0.4, -0.2) is 43.9 Å². The van der Waals surface area contributed by atoms with Crippen molar-refractivity contribution in [2.75, 3.05) is 6.61 Å². The summed E-state index contributed by atoms with van der Waals surface area (Å²) in [7, 11) is 5.39. The standard InChI is InChI=1S/C7H13BO3/c1-4(2)11-5-3-10-7(8)6(5)9/h4-7,9H,3H2,1-2H3/t5?,6-,7+/m0/s1. The van der Waals surface area contributed by atoms with Crippen molar-refractivity contribution in [1.82, 2.24) is 0 Å². The van der Waals surface area contributed by atoms with Crippen LogP contribution in [0.2, 0.25) is 0 Å². The van der Waals surface area contributed by atoms with Crippen molar-refractivity contribution in [1.29, 1.82) is 0 Å². The second kappa shape index (κ2) is 3.56. The third-order valence-electron chi connectivity index (χ3n) is 1.62. The molecule has 1 fully saturated rings. The molecule has 0 aromatic rings. The Hall–Kier alpha value is -0.0551. The monoisotopic (exact) mass is 156 g/mol. The zero-order valence-corrected chi connectivity index (χ0v) is 6.86. The van der Waals surface area contributed by atoms with E-state index in [0.717, 1.165) is 0 Å². The molecular weight excluding hydrogens is 143 g/mol. The van der Waals surface area contributed by atoms with E-state index in [9.17, 15) is 5.11 Å². The van der Waals surface area contributed by atoms with E-state index in [2.05, 4.69) is 0 Å². The number of rotatable bonds is 2. The second-order valence-corrected chi connectivity index (χ2v) is 3.01. The lowest BCUT2D eigenvalue weighted by Gasteiger charge is -2.17. The number of hydrogen-bond acceptors (Lipinski definition) is 3. The summed E-state index contributed by atoms with van der Waals surface area (Å²) in [5.74, 6) is 0. The van der Waals surface area contributed by atoms with Crippen LogP contribution in [0.3, 0.4) is 0 Å².